The molecule has 1 aromatic carbocycles. The summed E-state index contributed by atoms with van der Waals surface area (Å²) in [5.41, 5.74) is 0.0496. The number of hydrogen-bond donors (Lipinski definition) is 1. The van der Waals surface area contributed by atoms with Crippen LogP contribution in [0.2, 0.25) is 10.0 Å². The van der Waals surface area contributed by atoms with Gasteiger partial charge in [-0.3, -0.25) is 0 Å². The van der Waals surface area contributed by atoms with Gasteiger partial charge in [-0.1, -0.05) is 29.3 Å². The van der Waals surface area contributed by atoms with E-state index in [-0.39, 0.29) is 50.1 Å². The first-order chi connectivity index (χ1) is 17.7. The Morgan fingerprint density at radius 2 is 1.74 bits per heavy atom. The number of benzene rings is 1. The van der Waals surface area contributed by atoms with Crippen molar-refractivity contribution in [3.05, 3.63) is 57.7 Å². The van der Waals surface area contributed by atoms with E-state index in [2.05, 4.69) is 10.3 Å². The Morgan fingerprint density at radius 3 is 2.29 bits per heavy atom. The molecule has 8 nitrogen and oxygen atoms in total. The molecular formula is C24H28Cl2F3N5O3S. The molecule has 2 fully saturated rings. The Morgan fingerprint density at radius 1 is 1.05 bits per heavy atom. The van der Waals surface area contributed by atoms with Crippen molar-refractivity contribution in [3.63, 3.8) is 0 Å². The number of alkyl halides is 3. The number of nitrogens with one attached hydrogen (secondary N) is 1. The Hall–Kier alpha value is -2.28. The summed E-state index contributed by atoms with van der Waals surface area (Å²) in [6.07, 6.45) is -2.54. The highest BCUT2D eigenvalue weighted by Gasteiger charge is 2.41. The summed E-state index contributed by atoms with van der Waals surface area (Å²) in [6.45, 7) is 3.70. The van der Waals surface area contributed by atoms with E-state index in [1.165, 1.54) is 10.4 Å². The van der Waals surface area contributed by atoms with Gasteiger partial charge >= 0.3 is 12.2 Å². The number of aromatic nitrogens is 1. The van der Waals surface area contributed by atoms with Crippen LogP contribution < -0.4 is 5.32 Å². The fraction of sp³-hybridized carbons (Fsp3) is 0.500. The van der Waals surface area contributed by atoms with Crippen LogP contribution in [-0.2, 0) is 16.2 Å². The van der Waals surface area contributed by atoms with Crippen molar-refractivity contribution in [1.82, 2.24) is 19.1 Å². The molecule has 3 heterocycles. The van der Waals surface area contributed by atoms with Gasteiger partial charge in [0.15, 0.2) is 0 Å². The first kappa shape index (κ1) is 28.7. The fourth-order valence-corrected chi connectivity index (χ4v) is 6.12. The molecule has 0 bridgehead atoms. The highest BCUT2D eigenvalue weighted by Crippen LogP contribution is 2.38. The third-order valence-electron chi connectivity index (χ3n) is 7.09. The van der Waals surface area contributed by atoms with Crippen molar-refractivity contribution in [2.24, 2.45) is 5.92 Å². The minimum atomic E-state index is -4.48. The van der Waals surface area contributed by atoms with Crippen LogP contribution >= 0.6 is 23.2 Å². The van der Waals surface area contributed by atoms with E-state index in [1.54, 1.807) is 21.9 Å². The number of carbonyl (C=O) groups is 1. The van der Waals surface area contributed by atoms with Gasteiger partial charge in [0.25, 0.3) is 0 Å². The van der Waals surface area contributed by atoms with Crippen molar-refractivity contribution < 1.29 is 26.4 Å². The molecule has 2 aliphatic rings. The average Bonchev–Trinajstić information content (AvgIpc) is 3.30. The lowest BCUT2D eigenvalue weighted by Crippen LogP contribution is -2.53. The molecule has 2 saturated heterocycles. The Balaban J connectivity index is 1.52. The second kappa shape index (κ2) is 11.1. The number of hydrogen-bond acceptors (Lipinski definition) is 5. The predicted molar refractivity (Wildman–Crippen MR) is 140 cm³/mol. The zero-order chi connectivity index (χ0) is 27.8. The SMILES string of the molecule is C[C@H](Nc1ccc(C(F)(F)F)cn1)[C@H]1CN(C(=O)N2CCN(S(C)(=O)=O)CC2)C[C@@H]1c1ccc(Cl)c(Cl)c1. The van der Waals surface area contributed by atoms with Gasteiger partial charge in [-0.2, -0.15) is 17.5 Å². The first-order valence-corrected chi connectivity index (χ1v) is 14.6. The van der Waals surface area contributed by atoms with Crippen molar-refractivity contribution in [1.29, 1.82) is 0 Å². The van der Waals surface area contributed by atoms with Gasteiger partial charge in [-0.05, 0) is 36.8 Å². The molecule has 2 aromatic rings. The third kappa shape index (κ3) is 6.47. The summed E-state index contributed by atoms with van der Waals surface area (Å²) >= 11 is 12.4. The molecule has 4 rings (SSSR count). The van der Waals surface area contributed by atoms with E-state index in [0.717, 1.165) is 24.1 Å². The second-order valence-corrected chi connectivity index (χ2v) is 12.4. The highest BCUT2D eigenvalue weighted by atomic mass is 35.5. The molecule has 38 heavy (non-hydrogen) atoms. The van der Waals surface area contributed by atoms with Crippen LogP contribution in [0.5, 0.6) is 0 Å². The lowest BCUT2D eigenvalue weighted by atomic mass is 9.84. The molecule has 0 unspecified atom stereocenters. The lowest BCUT2D eigenvalue weighted by Gasteiger charge is -2.35. The number of amides is 2. The molecule has 2 aliphatic heterocycles. The average molecular weight is 594 g/mol. The standard InChI is InChI=1S/C24H28Cl2F3N5O3S/c1-15(31-22-6-4-17(12-30-22)24(27,28)29)18-13-33(14-19(18)16-3-5-20(25)21(26)11-16)23(35)32-7-9-34(10-8-32)38(2,36)37/h3-6,11-12,15,18-19H,7-10,13-14H2,1-2H3,(H,30,31)/t15-,18+,19+/m0/s1. The molecule has 2 amide bonds. The summed E-state index contributed by atoms with van der Waals surface area (Å²) in [4.78, 5) is 20.7. The highest BCUT2D eigenvalue weighted by molar-refractivity contribution is 7.88. The van der Waals surface area contributed by atoms with Gasteiger partial charge < -0.3 is 15.1 Å². The zero-order valence-corrected chi connectivity index (χ0v) is 23.1. The van der Waals surface area contributed by atoms with E-state index >= 15 is 0 Å². The number of halogens is 5. The van der Waals surface area contributed by atoms with E-state index in [4.69, 9.17) is 23.2 Å². The molecule has 0 radical (unpaired) electrons. The molecule has 0 spiro atoms. The minimum absolute atomic E-state index is 0.127. The molecule has 0 aliphatic carbocycles. The maximum Gasteiger partial charge on any atom is 0.417 e. The monoisotopic (exact) mass is 593 g/mol. The van der Waals surface area contributed by atoms with E-state index in [1.807, 2.05) is 13.0 Å². The lowest BCUT2D eigenvalue weighted by molar-refractivity contribution is -0.137. The molecule has 1 aromatic heterocycles. The summed E-state index contributed by atoms with van der Waals surface area (Å²) in [5.74, 6) is 0.0284. The van der Waals surface area contributed by atoms with E-state index in [0.29, 0.717) is 29.0 Å². The largest absolute Gasteiger partial charge is 0.417 e. The van der Waals surface area contributed by atoms with Gasteiger partial charge in [0.1, 0.15) is 5.82 Å². The smallest absolute Gasteiger partial charge is 0.367 e. The number of anilines is 1. The van der Waals surface area contributed by atoms with Crippen molar-refractivity contribution in [2.75, 3.05) is 50.8 Å². The topological polar surface area (TPSA) is 85.8 Å². The number of piperazine rings is 1. The zero-order valence-electron chi connectivity index (χ0n) is 20.8. The van der Waals surface area contributed by atoms with E-state index < -0.39 is 21.8 Å². The molecule has 14 heteroatoms. The Kier molecular flexibility index (Phi) is 8.37. The van der Waals surface area contributed by atoms with Gasteiger partial charge in [-0.25, -0.2) is 18.2 Å². The molecule has 208 valence electrons. The van der Waals surface area contributed by atoms with Gasteiger partial charge in [0.05, 0.1) is 21.9 Å². The second-order valence-electron chi connectivity index (χ2n) is 9.64. The van der Waals surface area contributed by atoms with Crippen LogP contribution in [0.15, 0.2) is 36.5 Å². The summed E-state index contributed by atoms with van der Waals surface area (Å²) < 4.78 is 63.8. The van der Waals surface area contributed by atoms with Crippen LogP contribution in [0.4, 0.5) is 23.8 Å². The van der Waals surface area contributed by atoms with Gasteiger partial charge in [0.2, 0.25) is 10.0 Å². The summed E-state index contributed by atoms with van der Waals surface area (Å²) in [6, 6.07) is 7.12. The predicted octanol–water partition coefficient (Wildman–Crippen LogP) is 4.62. The maximum absolute atomic E-state index is 13.4. The van der Waals surface area contributed by atoms with E-state index in [9.17, 15) is 26.4 Å². The first-order valence-electron chi connectivity index (χ1n) is 12.0. The molecule has 3 atom stereocenters. The number of pyridine rings is 1. The van der Waals surface area contributed by atoms with Crippen molar-refractivity contribution in [3.8, 4) is 0 Å². The molecule has 0 saturated carbocycles. The van der Waals surface area contributed by atoms with Gasteiger partial charge in [0, 0.05) is 63.3 Å². The minimum Gasteiger partial charge on any atom is -0.367 e. The third-order valence-corrected chi connectivity index (χ3v) is 9.14. The van der Waals surface area contributed by atoms with Crippen LogP contribution in [0.3, 0.4) is 0 Å². The molecule has 1 N–H and O–H groups in total. The van der Waals surface area contributed by atoms with Crippen molar-refractivity contribution >= 4 is 45.1 Å². The summed E-state index contributed by atoms with van der Waals surface area (Å²) in [7, 11) is -3.33. The summed E-state index contributed by atoms with van der Waals surface area (Å²) in [5, 5.41) is 3.98. The molecular weight excluding hydrogens is 566 g/mol. The normalized spacial score (nSPS) is 22.0. The number of carbonyl (C=O) groups excluding carboxylic acids is 1. The Bertz CT molecular complexity index is 1270. The number of rotatable bonds is 5. The van der Waals surface area contributed by atoms with Crippen LogP contribution in [0, 0.1) is 5.92 Å². The van der Waals surface area contributed by atoms with Gasteiger partial charge in [-0.15, -0.1) is 0 Å². The van der Waals surface area contributed by atoms with Crippen LogP contribution in [0.1, 0.15) is 24.0 Å². The number of sulfonamides is 1. The number of likely N-dealkylation sites (tertiary alicyclic amines) is 1. The van der Waals surface area contributed by atoms with Crippen molar-refractivity contribution in [2.45, 2.75) is 25.1 Å². The Labute approximate surface area is 229 Å². The van der Waals surface area contributed by atoms with Crippen LogP contribution in [0.25, 0.3) is 0 Å². The maximum atomic E-state index is 13.4. The number of urea groups is 1. The van der Waals surface area contributed by atoms with Crippen LogP contribution in [-0.4, -0.2) is 85.1 Å². The number of nitrogens with zero attached hydrogens (tertiary/aromatic N) is 4. The quantitative estimate of drug-likeness (QED) is 0.547. The fourth-order valence-electron chi connectivity index (χ4n) is 4.99.